The molecule has 6 heteroatoms. The molecule has 0 aliphatic heterocycles. The van der Waals surface area contributed by atoms with Crippen LogP contribution >= 0.6 is 11.6 Å². The van der Waals surface area contributed by atoms with Gasteiger partial charge in [0.1, 0.15) is 0 Å². The van der Waals surface area contributed by atoms with E-state index in [1.54, 1.807) is 0 Å². The highest BCUT2D eigenvalue weighted by atomic mass is 35.5. The summed E-state index contributed by atoms with van der Waals surface area (Å²) in [5.41, 5.74) is 0.543. The zero-order valence-corrected chi connectivity index (χ0v) is 10.6. The number of halogens is 1. The molecule has 1 atom stereocenters. The first kappa shape index (κ1) is 12.8. The van der Waals surface area contributed by atoms with Crippen LogP contribution in [0.2, 0.25) is 5.02 Å². The van der Waals surface area contributed by atoms with Crippen LogP contribution in [0.1, 0.15) is 18.4 Å². The first-order valence-electron chi connectivity index (χ1n) is 5.32. The Hall–Kier alpha value is -0.620. The maximum absolute atomic E-state index is 11.0. The summed E-state index contributed by atoms with van der Waals surface area (Å²) in [5.74, 6) is 0.292. The maximum atomic E-state index is 11.0. The molecule has 2 rings (SSSR count). The van der Waals surface area contributed by atoms with E-state index >= 15 is 0 Å². The molecule has 4 nitrogen and oxygen atoms in total. The largest absolute Gasteiger partial charge is 0.392 e. The van der Waals surface area contributed by atoms with E-state index in [9.17, 15) is 13.5 Å². The van der Waals surface area contributed by atoms with Gasteiger partial charge in [0.05, 0.1) is 11.0 Å². The Morgan fingerprint density at radius 1 is 1.41 bits per heavy atom. The minimum Gasteiger partial charge on any atom is -0.392 e. The predicted octanol–water partition coefficient (Wildman–Crippen LogP) is 1.90. The van der Waals surface area contributed by atoms with Crippen LogP contribution in [0.3, 0.4) is 0 Å². The van der Waals surface area contributed by atoms with Crippen molar-refractivity contribution in [3.8, 4) is 0 Å². The Bertz CT molecular complexity index is 522. The lowest BCUT2D eigenvalue weighted by atomic mass is 10.0. The molecular formula is C11H13ClO4S. The molecule has 0 aromatic heterocycles. The van der Waals surface area contributed by atoms with Gasteiger partial charge in [-0.15, -0.1) is 0 Å². The summed E-state index contributed by atoms with van der Waals surface area (Å²) in [5, 5.41) is 10.2. The molecular weight excluding hydrogens is 264 g/mol. The number of aliphatic hydroxyl groups excluding tert-OH is 1. The molecule has 1 aromatic carbocycles. The van der Waals surface area contributed by atoms with Crippen molar-refractivity contribution in [1.82, 2.24) is 0 Å². The van der Waals surface area contributed by atoms with E-state index in [0.29, 0.717) is 22.9 Å². The third-order valence-corrected chi connectivity index (χ3v) is 4.13. The third-order valence-electron chi connectivity index (χ3n) is 2.91. The Labute approximate surface area is 105 Å². The molecule has 0 saturated heterocycles. The summed E-state index contributed by atoms with van der Waals surface area (Å²) in [7, 11) is -4.22. The molecule has 0 heterocycles. The van der Waals surface area contributed by atoms with Crippen LogP contribution in [-0.4, -0.2) is 24.2 Å². The SMILES string of the molecule is O=S(=O)(O)c1ccc(Cl)c(CC(O)C2CC2)c1. The fraction of sp³-hybridized carbons (Fsp3) is 0.455. The molecule has 1 fully saturated rings. The van der Waals surface area contributed by atoms with E-state index in [4.69, 9.17) is 16.2 Å². The van der Waals surface area contributed by atoms with E-state index in [0.717, 1.165) is 12.8 Å². The summed E-state index contributed by atoms with van der Waals surface area (Å²) in [6.45, 7) is 0. The predicted molar refractivity (Wildman–Crippen MR) is 63.7 cm³/mol. The molecule has 1 aliphatic rings. The fourth-order valence-electron chi connectivity index (χ4n) is 1.74. The molecule has 1 unspecified atom stereocenters. The van der Waals surface area contributed by atoms with Crippen LogP contribution in [0.5, 0.6) is 0 Å². The Morgan fingerprint density at radius 3 is 2.59 bits per heavy atom. The van der Waals surface area contributed by atoms with Crippen molar-refractivity contribution in [3.63, 3.8) is 0 Å². The summed E-state index contributed by atoms with van der Waals surface area (Å²) in [6.07, 6.45) is 1.81. The van der Waals surface area contributed by atoms with Crippen molar-refractivity contribution in [2.75, 3.05) is 0 Å². The van der Waals surface area contributed by atoms with Gasteiger partial charge < -0.3 is 5.11 Å². The number of rotatable bonds is 4. The second-order valence-electron chi connectivity index (χ2n) is 4.34. The summed E-state index contributed by atoms with van der Waals surface area (Å²) in [6, 6.07) is 3.97. The number of benzene rings is 1. The highest BCUT2D eigenvalue weighted by molar-refractivity contribution is 7.85. The average Bonchev–Trinajstić information content (AvgIpc) is 3.02. The van der Waals surface area contributed by atoms with Crippen LogP contribution in [0.25, 0.3) is 0 Å². The van der Waals surface area contributed by atoms with E-state index < -0.39 is 16.2 Å². The molecule has 2 N–H and O–H groups in total. The molecule has 1 aliphatic carbocycles. The lowest BCUT2D eigenvalue weighted by Gasteiger charge is -2.11. The first-order chi connectivity index (χ1) is 7.88. The monoisotopic (exact) mass is 276 g/mol. The van der Waals surface area contributed by atoms with Gasteiger partial charge in [0, 0.05) is 11.4 Å². The van der Waals surface area contributed by atoms with Crippen molar-refractivity contribution in [3.05, 3.63) is 28.8 Å². The average molecular weight is 277 g/mol. The minimum atomic E-state index is -4.22. The molecule has 0 radical (unpaired) electrons. The summed E-state index contributed by atoms with van der Waals surface area (Å²) < 4.78 is 30.9. The summed E-state index contributed by atoms with van der Waals surface area (Å²) >= 11 is 5.93. The molecule has 94 valence electrons. The second-order valence-corrected chi connectivity index (χ2v) is 6.17. The van der Waals surface area contributed by atoms with Gasteiger partial charge in [-0.2, -0.15) is 8.42 Å². The van der Waals surface area contributed by atoms with Gasteiger partial charge >= 0.3 is 0 Å². The fourth-order valence-corrected chi connectivity index (χ4v) is 2.47. The van der Waals surface area contributed by atoms with Crippen LogP contribution in [0.4, 0.5) is 0 Å². The topological polar surface area (TPSA) is 74.6 Å². The van der Waals surface area contributed by atoms with Gasteiger partial charge in [0.2, 0.25) is 0 Å². The Morgan fingerprint density at radius 2 is 2.06 bits per heavy atom. The van der Waals surface area contributed by atoms with E-state index in [-0.39, 0.29) is 4.90 Å². The Kier molecular flexibility index (Phi) is 3.45. The quantitative estimate of drug-likeness (QED) is 0.824. The number of aliphatic hydroxyl groups is 1. The normalized spacial score (nSPS) is 18.1. The van der Waals surface area contributed by atoms with Crippen LogP contribution < -0.4 is 0 Å². The lowest BCUT2D eigenvalue weighted by molar-refractivity contribution is 0.151. The van der Waals surface area contributed by atoms with E-state index in [1.165, 1.54) is 18.2 Å². The van der Waals surface area contributed by atoms with Crippen LogP contribution in [0, 0.1) is 5.92 Å². The molecule has 17 heavy (non-hydrogen) atoms. The zero-order valence-electron chi connectivity index (χ0n) is 9.01. The smallest absolute Gasteiger partial charge is 0.294 e. The van der Waals surface area contributed by atoms with Crippen molar-refractivity contribution in [2.45, 2.75) is 30.3 Å². The van der Waals surface area contributed by atoms with Crippen molar-refractivity contribution >= 4 is 21.7 Å². The molecule has 1 aromatic rings. The maximum Gasteiger partial charge on any atom is 0.294 e. The van der Waals surface area contributed by atoms with Crippen molar-refractivity contribution in [2.24, 2.45) is 5.92 Å². The standard InChI is InChI=1S/C11H13ClO4S/c12-10-4-3-9(17(14,15)16)5-8(10)6-11(13)7-1-2-7/h3-5,7,11,13H,1-2,6H2,(H,14,15,16). The highest BCUT2D eigenvalue weighted by Crippen LogP contribution is 2.35. The molecule has 0 spiro atoms. The van der Waals surface area contributed by atoms with Gasteiger partial charge in [-0.1, -0.05) is 11.6 Å². The van der Waals surface area contributed by atoms with Gasteiger partial charge in [-0.25, -0.2) is 0 Å². The first-order valence-corrected chi connectivity index (χ1v) is 7.13. The zero-order chi connectivity index (χ0) is 12.6. The van der Waals surface area contributed by atoms with Gasteiger partial charge in [-0.3, -0.25) is 4.55 Å². The highest BCUT2D eigenvalue weighted by Gasteiger charge is 2.30. The number of hydrogen-bond acceptors (Lipinski definition) is 3. The van der Waals surface area contributed by atoms with Gasteiger partial charge in [-0.05, 0) is 42.5 Å². The van der Waals surface area contributed by atoms with E-state index in [1.807, 2.05) is 0 Å². The molecule has 0 amide bonds. The van der Waals surface area contributed by atoms with Crippen LogP contribution in [0.15, 0.2) is 23.1 Å². The van der Waals surface area contributed by atoms with E-state index in [2.05, 4.69) is 0 Å². The second kappa shape index (κ2) is 4.57. The Balaban J connectivity index is 2.25. The lowest BCUT2D eigenvalue weighted by Crippen LogP contribution is -2.13. The van der Waals surface area contributed by atoms with Gasteiger partial charge in [0.25, 0.3) is 10.1 Å². The molecule has 0 bridgehead atoms. The third kappa shape index (κ3) is 3.19. The van der Waals surface area contributed by atoms with Crippen molar-refractivity contribution in [1.29, 1.82) is 0 Å². The number of hydrogen-bond donors (Lipinski definition) is 2. The molecule has 1 saturated carbocycles. The van der Waals surface area contributed by atoms with Crippen molar-refractivity contribution < 1.29 is 18.1 Å². The summed E-state index contributed by atoms with van der Waals surface area (Å²) in [4.78, 5) is -0.195. The van der Waals surface area contributed by atoms with Gasteiger partial charge in [0.15, 0.2) is 0 Å². The minimum absolute atomic E-state index is 0.195. The van der Waals surface area contributed by atoms with Crippen LogP contribution in [-0.2, 0) is 16.5 Å².